The first-order valence-electron chi connectivity index (χ1n) is 6.50. The number of aliphatic hydroxyl groups is 6. The van der Waals surface area contributed by atoms with Crippen LogP contribution in [0.1, 0.15) is 12.8 Å². The van der Waals surface area contributed by atoms with Crippen LogP contribution in [-0.2, 0) is 19.2 Å². The number of hydrogen-bond acceptors (Lipinski definition) is 10. The van der Waals surface area contributed by atoms with Crippen LogP contribution in [0.5, 0.6) is 0 Å². The van der Waals surface area contributed by atoms with Crippen LogP contribution in [0.2, 0.25) is 0 Å². The molecule has 0 fully saturated rings. The molecule has 25 heavy (non-hydrogen) atoms. The van der Waals surface area contributed by atoms with Crippen molar-refractivity contribution < 1.29 is 65.1 Å². The van der Waals surface area contributed by atoms with E-state index in [0.717, 1.165) is 0 Å². The Labute approximate surface area is 140 Å². The third-order valence-electron chi connectivity index (χ3n) is 2.71. The number of rotatable bonds is 10. The minimum atomic E-state index is -2.74. The molecule has 0 aliphatic heterocycles. The molecule has 0 aliphatic carbocycles. The molecule has 0 aromatic rings. The second-order valence-corrected chi connectivity index (χ2v) is 4.84. The van der Waals surface area contributed by atoms with Crippen LogP contribution >= 0.6 is 0 Å². The maximum atomic E-state index is 10.3. The summed E-state index contributed by atoms with van der Waals surface area (Å²) in [6.45, 7) is -0.760. The van der Waals surface area contributed by atoms with Gasteiger partial charge in [-0.2, -0.15) is 0 Å². The zero-order valence-corrected chi connectivity index (χ0v) is 12.7. The summed E-state index contributed by atoms with van der Waals surface area (Å²) < 4.78 is 0. The fraction of sp³-hybridized carbons (Fsp3) is 0.667. The molecule has 0 aromatic heterocycles. The molecule has 0 bridgehead atoms. The minimum Gasteiger partial charge on any atom is -0.481 e. The first-order valence-corrected chi connectivity index (χ1v) is 6.50. The van der Waals surface area contributed by atoms with E-state index in [0.29, 0.717) is 0 Å². The largest absolute Gasteiger partial charge is 0.481 e. The molecule has 0 saturated carbocycles. The van der Waals surface area contributed by atoms with Crippen molar-refractivity contribution in [3.8, 4) is 0 Å². The SMILES string of the molecule is O=C(O)CC(O)(CC(=O)O)C(=O)O.O=C[C@H](O)[C@@H](O)[C@@H](O)[C@H](O)CO. The highest BCUT2D eigenvalue weighted by Gasteiger charge is 2.40. The summed E-state index contributed by atoms with van der Waals surface area (Å²) in [5.74, 6) is -5.02. The number of carbonyl (C=O) groups is 4. The van der Waals surface area contributed by atoms with E-state index in [9.17, 15) is 19.2 Å². The van der Waals surface area contributed by atoms with E-state index in [2.05, 4.69) is 0 Å². The summed E-state index contributed by atoms with van der Waals surface area (Å²) in [5, 5.41) is 77.3. The van der Waals surface area contributed by atoms with Gasteiger partial charge in [-0.05, 0) is 0 Å². The molecule has 0 heterocycles. The highest BCUT2D eigenvalue weighted by Crippen LogP contribution is 2.15. The molecule has 0 aliphatic rings. The van der Waals surface area contributed by atoms with E-state index in [4.69, 9.17) is 46.0 Å². The van der Waals surface area contributed by atoms with Gasteiger partial charge in [-0.15, -0.1) is 0 Å². The molecule has 0 saturated heterocycles. The number of aliphatic hydroxyl groups excluding tert-OH is 5. The second-order valence-electron chi connectivity index (χ2n) is 4.84. The van der Waals surface area contributed by atoms with Gasteiger partial charge in [0, 0.05) is 0 Å². The van der Waals surface area contributed by atoms with Crippen molar-refractivity contribution >= 4 is 24.2 Å². The summed E-state index contributed by atoms with van der Waals surface area (Å²) >= 11 is 0. The Hall–Kier alpha value is -2.16. The molecule has 0 unspecified atom stereocenters. The number of aliphatic carboxylic acids is 3. The maximum Gasteiger partial charge on any atom is 0.336 e. The van der Waals surface area contributed by atoms with Gasteiger partial charge in [-0.3, -0.25) is 9.59 Å². The van der Waals surface area contributed by atoms with Crippen LogP contribution in [0.15, 0.2) is 0 Å². The number of carbonyl (C=O) groups excluding carboxylic acids is 1. The van der Waals surface area contributed by atoms with Crippen LogP contribution in [0, 0.1) is 0 Å². The molecule has 0 radical (unpaired) electrons. The van der Waals surface area contributed by atoms with Crippen LogP contribution < -0.4 is 0 Å². The van der Waals surface area contributed by atoms with Crippen molar-refractivity contribution in [3.63, 3.8) is 0 Å². The van der Waals surface area contributed by atoms with Gasteiger partial charge in [0.25, 0.3) is 0 Å². The summed E-state index contributed by atoms with van der Waals surface area (Å²) in [6, 6.07) is 0. The van der Waals surface area contributed by atoms with Gasteiger partial charge < -0.3 is 50.8 Å². The lowest BCUT2D eigenvalue weighted by Crippen LogP contribution is -2.46. The lowest BCUT2D eigenvalue weighted by molar-refractivity contribution is -0.170. The third kappa shape index (κ3) is 9.65. The van der Waals surface area contributed by atoms with Crippen molar-refractivity contribution in [2.45, 2.75) is 42.9 Å². The first kappa shape index (κ1) is 25.1. The molecule has 0 aromatic carbocycles. The first-order chi connectivity index (χ1) is 11.3. The lowest BCUT2D eigenvalue weighted by Gasteiger charge is -2.22. The van der Waals surface area contributed by atoms with Crippen molar-refractivity contribution in [3.05, 3.63) is 0 Å². The van der Waals surface area contributed by atoms with Crippen LogP contribution in [-0.4, -0.2) is 107 Å². The van der Waals surface area contributed by atoms with E-state index < -0.39 is 67.4 Å². The summed E-state index contributed by atoms with van der Waals surface area (Å²) in [5.41, 5.74) is -2.74. The van der Waals surface area contributed by atoms with Crippen LogP contribution in [0.3, 0.4) is 0 Å². The molecule has 9 N–H and O–H groups in total. The Morgan fingerprint density at radius 1 is 0.880 bits per heavy atom. The van der Waals surface area contributed by atoms with Crippen molar-refractivity contribution in [2.24, 2.45) is 0 Å². The molecule has 0 spiro atoms. The predicted molar refractivity (Wildman–Crippen MR) is 74.3 cm³/mol. The van der Waals surface area contributed by atoms with E-state index in [1.165, 1.54) is 0 Å². The average Bonchev–Trinajstić information content (AvgIpc) is 2.50. The van der Waals surface area contributed by atoms with E-state index in [1.54, 1.807) is 0 Å². The molecule has 0 rings (SSSR count). The molecule has 146 valence electrons. The number of carboxylic acid groups (broad SMARTS) is 3. The number of hydrogen-bond donors (Lipinski definition) is 9. The zero-order chi connectivity index (χ0) is 20.4. The molecule has 4 atom stereocenters. The standard InChI is InChI=1S/C6H8O7.C6H12O6/c7-3(8)1-6(13,5(11)12)2-4(9)10;7-1-3(9)5(11)6(12)4(10)2-8/h13H,1-2H2,(H,7,8)(H,9,10)(H,11,12);1,3-6,8-12H,2H2/t;3-,4+,5+,6-/m.0/s1. The van der Waals surface area contributed by atoms with Crippen LogP contribution in [0.25, 0.3) is 0 Å². The molecule has 13 nitrogen and oxygen atoms in total. The summed E-state index contributed by atoms with van der Waals surface area (Å²) in [6.07, 6.45) is -9.13. The van der Waals surface area contributed by atoms with Gasteiger partial charge >= 0.3 is 17.9 Å². The van der Waals surface area contributed by atoms with Gasteiger partial charge in [0.1, 0.15) is 24.4 Å². The van der Waals surface area contributed by atoms with E-state index >= 15 is 0 Å². The Kier molecular flexibility index (Phi) is 11.4. The van der Waals surface area contributed by atoms with E-state index in [-0.39, 0.29) is 6.29 Å². The topological polar surface area (TPSA) is 250 Å². The van der Waals surface area contributed by atoms with Gasteiger partial charge in [0.2, 0.25) is 0 Å². The van der Waals surface area contributed by atoms with Crippen molar-refractivity contribution in [1.82, 2.24) is 0 Å². The smallest absolute Gasteiger partial charge is 0.336 e. The second kappa shape index (κ2) is 11.4. The molecular formula is C12H20O13. The fourth-order valence-electron chi connectivity index (χ4n) is 1.33. The average molecular weight is 372 g/mol. The maximum absolute atomic E-state index is 10.3. The van der Waals surface area contributed by atoms with Gasteiger partial charge in [-0.25, -0.2) is 4.79 Å². The fourth-order valence-corrected chi connectivity index (χ4v) is 1.33. The zero-order valence-electron chi connectivity index (χ0n) is 12.7. The normalized spacial score (nSPS) is 15.8. The monoisotopic (exact) mass is 372 g/mol. The van der Waals surface area contributed by atoms with Crippen molar-refractivity contribution in [2.75, 3.05) is 6.61 Å². The molecular weight excluding hydrogens is 352 g/mol. The number of aldehydes is 1. The van der Waals surface area contributed by atoms with Crippen LogP contribution in [0.4, 0.5) is 0 Å². The Morgan fingerprint density at radius 2 is 1.28 bits per heavy atom. The molecule has 13 heteroatoms. The Morgan fingerprint density at radius 3 is 1.52 bits per heavy atom. The molecule has 0 amide bonds. The van der Waals surface area contributed by atoms with Crippen molar-refractivity contribution in [1.29, 1.82) is 0 Å². The van der Waals surface area contributed by atoms with Gasteiger partial charge in [0.05, 0.1) is 19.4 Å². The lowest BCUT2D eigenvalue weighted by atomic mass is 9.96. The summed E-state index contributed by atoms with van der Waals surface area (Å²) in [4.78, 5) is 40.4. The Bertz CT molecular complexity index is 446. The highest BCUT2D eigenvalue weighted by atomic mass is 16.4. The van der Waals surface area contributed by atoms with E-state index in [1.807, 2.05) is 0 Å². The number of carboxylic acids is 3. The quantitative estimate of drug-likeness (QED) is 0.164. The Balaban J connectivity index is 0. The third-order valence-corrected chi connectivity index (χ3v) is 2.71. The predicted octanol–water partition coefficient (Wildman–Crippen LogP) is -4.63. The minimum absolute atomic E-state index is 0.0258. The summed E-state index contributed by atoms with van der Waals surface area (Å²) in [7, 11) is 0. The highest BCUT2D eigenvalue weighted by molar-refractivity contribution is 5.88. The van der Waals surface area contributed by atoms with Gasteiger partial charge in [0.15, 0.2) is 11.9 Å². The van der Waals surface area contributed by atoms with Gasteiger partial charge in [-0.1, -0.05) is 0 Å².